The molecule has 1 saturated heterocycles. The summed E-state index contributed by atoms with van der Waals surface area (Å²) in [4.78, 5) is 18.9. The van der Waals surface area contributed by atoms with E-state index in [-0.39, 0.29) is 17.9 Å². The van der Waals surface area contributed by atoms with Crippen LogP contribution in [0.15, 0.2) is 16.7 Å². The Hall–Kier alpha value is -1.10. The van der Waals surface area contributed by atoms with Crippen molar-refractivity contribution in [2.75, 3.05) is 18.0 Å². The molecule has 5 heteroatoms. The van der Waals surface area contributed by atoms with E-state index in [0.29, 0.717) is 0 Å². The van der Waals surface area contributed by atoms with Gasteiger partial charge in [0.15, 0.2) is 0 Å². The van der Waals surface area contributed by atoms with Crippen LogP contribution in [-0.4, -0.2) is 30.0 Å². The van der Waals surface area contributed by atoms with Crippen LogP contribution >= 0.6 is 15.9 Å². The summed E-state index contributed by atoms with van der Waals surface area (Å²) < 4.78 is 1.01. The number of halogens is 1. The number of piperidine rings is 1. The van der Waals surface area contributed by atoms with E-state index in [4.69, 9.17) is 0 Å². The molecule has 1 aromatic rings. The van der Waals surface area contributed by atoms with Gasteiger partial charge in [0.05, 0.1) is 0 Å². The van der Waals surface area contributed by atoms with Crippen molar-refractivity contribution in [1.82, 2.24) is 10.3 Å². The predicted molar refractivity (Wildman–Crippen MR) is 87.4 cm³/mol. The highest BCUT2D eigenvalue weighted by Crippen LogP contribution is 2.27. The van der Waals surface area contributed by atoms with Gasteiger partial charge in [-0.15, -0.1) is 0 Å². The topological polar surface area (TPSA) is 45.2 Å². The second-order valence-corrected chi connectivity index (χ2v) is 7.13. The largest absolute Gasteiger partial charge is 0.354 e. The van der Waals surface area contributed by atoms with Crippen molar-refractivity contribution in [2.24, 2.45) is 5.92 Å². The van der Waals surface area contributed by atoms with E-state index >= 15 is 0 Å². The monoisotopic (exact) mass is 351 g/mol. The van der Waals surface area contributed by atoms with Crippen LogP contribution in [0.5, 0.6) is 0 Å². The van der Waals surface area contributed by atoms with Crippen molar-refractivity contribution in [2.45, 2.75) is 45.1 Å². The third-order valence-corrected chi connectivity index (χ3v) is 4.99. The number of nitrogens with zero attached hydrogens (tertiary/aromatic N) is 2. The first-order valence-corrected chi connectivity index (χ1v) is 8.60. The van der Waals surface area contributed by atoms with Gasteiger partial charge in [0.1, 0.15) is 5.82 Å². The summed E-state index contributed by atoms with van der Waals surface area (Å²) in [6, 6.07) is 2.36. The van der Waals surface area contributed by atoms with Gasteiger partial charge in [-0.1, -0.05) is 6.42 Å². The summed E-state index contributed by atoms with van der Waals surface area (Å²) in [6.45, 7) is 3.98. The maximum atomic E-state index is 12.1. The highest BCUT2D eigenvalue weighted by molar-refractivity contribution is 9.10. The Balaban J connectivity index is 1.63. The average molecular weight is 352 g/mol. The van der Waals surface area contributed by atoms with E-state index in [1.807, 2.05) is 6.20 Å². The van der Waals surface area contributed by atoms with Gasteiger partial charge < -0.3 is 10.2 Å². The van der Waals surface area contributed by atoms with Crippen LogP contribution in [0, 0.1) is 12.8 Å². The minimum absolute atomic E-state index is 0.258. The highest BCUT2D eigenvalue weighted by Gasteiger charge is 2.29. The van der Waals surface area contributed by atoms with Crippen molar-refractivity contribution in [3.63, 3.8) is 0 Å². The summed E-state index contributed by atoms with van der Waals surface area (Å²) in [5.74, 6) is 1.57. The molecule has 0 spiro atoms. The number of rotatable bonds is 3. The van der Waals surface area contributed by atoms with Crippen LogP contribution in [-0.2, 0) is 4.79 Å². The van der Waals surface area contributed by atoms with Crippen molar-refractivity contribution in [3.05, 3.63) is 22.3 Å². The first-order valence-electron chi connectivity index (χ1n) is 7.81. The number of amides is 1. The summed E-state index contributed by atoms with van der Waals surface area (Å²) in [7, 11) is 0. The van der Waals surface area contributed by atoms with Gasteiger partial charge in [-0.3, -0.25) is 4.79 Å². The molecule has 1 amide bonds. The number of pyridine rings is 1. The fourth-order valence-electron chi connectivity index (χ4n) is 3.14. The maximum absolute atomic E-state index is 12.1. The molecular formula is C16H22BrN3O. The van der Waals surface area contributed by atoms with E-state index in [1.165, 1.54) is 12.0 Å². The zero-order valence-corrected chi connectivity index (χ0v) is 14.0. The fourth-order valence-corrected chi connectivity index (χ4v) is 3.59. The number of carbonyl (C=O) groups is 1. The quantitative estimate of drug-likeness (QED) is 0.910. The SMILES string of the molecule is Cc1cc(Br)cnc1N1CCCC(NC(=O)C2CCC2)C1. The van der Waals surface area contributed by atoms with Crippen molar-refractivity contribution in [1.29, 1.82) is 0 Å². The molecule has 114 valence electrons. The number of anilines is 1. The molecule has 0 radical (unpaired) electrons. The lowest BCUT2D eigenvalue weighted by molar-refractivity contribution is -0.128. The molecule has 1 N–H and O–H groups in total. The van der Waals surface area contributed by atoms with E-state index < -0.39 is 0 Å². The Morgan fingerprint density at radius 1 is 1.38 bits per heavy atom. The third kappa shape index (κ3) is 3.39. The normalized spacial score (nSPS) is 22.8. The van der Waals surface area contributed by atoms with Crippen LogP contribution in [0.2, 0.25) is 0 Å². The first-order chi connectivity index (χ1) is 10.1. The van der Waals surface area contributed by atoms with Gasteiger partial charge in [0, 0.05) is 35.7 Å². The van der Waals surface area contributed by atoms with Gasteiger partial charge in [-0.05, 0) is 60.2 Å². The second kappa shape index (κ2) is 6.34. The number of aromatic nitrogens is 1. The van der Waals surface area contributed by atoms with Crippen molar-refractivity contribution < 1.29 is 4.79 Å². The molecule has 2 fully saturated rings. The van der Waals surface area contributed by atoms with Gasteiger partial charge in [0.25, 0.3) is 0 Å². The molecule has 1 unspecified atom stereocenters. The van der Waals surface area contributed by atoms with Crippen LogP contribution in [0.25, 0.3) is 0 Å². The number of carbonyl (C=O) groups excluding carboxylic acids is 1. The molecule has 21 heavy (non-hydrogen) atoms. The molecule has 1 aliphatic heterocycles. The van der Waals surface area contributed by atoms with Gasteiger partial charge in [-0.25, -0.2) is 4.98 Å². The summed E-state index contributed by atoms with van der Waals surface area (Å²) in [5.41, 5.74) is 1.18. The van der Waals surface area contributed by atoms with Crippen LogP contribution in [0.3, 0.4) is 0 Å². The number of aryl methyl sites for hydroxylation is 1. The van der Waals surface area contributed by atoms with E-state index in [1.54, 1.807) is 0 Å². The van der Waals surface area contributed by atoms with E-state index in [0.717, 1.165) is 49.1 Å². The molecule has 4 nitrogen and oxygen atoms in total. The zero-order valence-electron chi connectivity index (χ0n) is 12.4. The Bertz CT molecular complexity index is 530. The molecule has 0 aromatic carbocycles. The molecule has 2 aliphatic rings. The van der Waals surface area contributed by atoms with Crippen LogP contribution in [0.4, 0.5) is 5.82 Å². The maximum Gasteiger partial charge on any atom is 0.223 e. The highest BCUT2D eigenvalue weighted by atomic mass is 79.9. The van der Waals surface area contributed by atoms with E-state index in [2.05, 4.69) is 44.1 Å². The van der Waals surface area contributed by atoms with Gasteiger partial charge in [0.2, 0.25) is 5.91 Å². The smallest absolute Gasteiger partial charge is 0.223 e. The Labute approximate surface area is 134 Å². The lowest BCUT2D eigenvalue weighted by atomic mass is 9.84. The lowest BCUT2D eigenvalue weighted by Crippen LogP contribution is -2.50. The van der Waals surface area contributed by atoms with E-state index in [9.17, 15) is 4.79 Å². The molecule has 1 aromatic heterocycles. The number of nitrogens with one attached hydrogen (secondary N) is 1. The first kappa shape index (κ1) is 14.8. The minimum Gasteiger partial charge on any atom is -0.354 e. The predicted octanol–water partition coefficient (Wildman–Crippen LogP) is 3.04. The summed E-state index contributed by atoms with van der Waals surface area (Å²) in [5, 5.41) is 3.23. The Morgan fingerprint density at radius 3 is 2.86 bits per heavy atom. The van der Waals surface area contributed by atoms with Gasteiger partial charge in [-0.2, -0.15) is 0 Å². The van der Waals surface area contributed by atoms with Crippen molar-refractivity contribution >= 4 is 27.7 Å². The molecule has 1 atom stereocenters. The molecular weight excluding hydrogens is 330 g/mol. The lowest BCUT2D eigenvalue weighted by Gasteiger charge is -2.36. The zero-order chi connectivity index (χ0) is 14.8. The summed E-state index contributed by atoms with van der Waals surface area (Å²) >= 11 is 3.46. The molecule has 1 aliphatic carbocycles. The number of hydrogen-bond acceptors (Lipinski definition) is 3. The standard InChI is InChI=1S/C16H22BrN3O/c1-11-8-13(17)9-18-15(11)20-7-3-6-14(10-20)19-16(21)12-4-2-5-12/h8-9,12,14H,2-7,10H2,1H3,(H,19,21). The van der Waals surface area contributed by atoms with Gasteiger partial charge >= 0.3 is 0 Å². The summed E-state index contributed by atoms with van der Waals surface area (Å²) in [6.07, 6.45) is 7.36. The number of hydrogen-bond donors (Lipinski definition) is 1. The molecule has 3 rings (SSSR count). The minimum atomic E-state index is 0.258. The molecule has 1 saturated carbocycles. The second-order valence-electron chi connectivity index (χ2n) is 6.22. The fraction of sp³-hybridized carbons (Fsp3) is 0.625. The van der Waals surface area contributed by atoms with Crippen LogP contribution in [0.1, 0.15) is 37.7 Å². The van der Waals surface area contributed by atoms with Crippen LogP contribution < -0.4 is 10.2 Å². The van der Waals surface area contributed by atoms with Crippen molar-refractivity contribution in [3.8, 4) is 0 Å². The Morgan fingerprint density at radius 2 is 2.19 bits per heavy atom. The third-order valence-electron chi connectivity index (χ3n) is 4.56. The average Bonchev–Trinajstić information content (AvgIpc) is 2.36. The Kier molecular flexibility index (Phi) is 4.48. The molecule has 2 heterocycles. The molecule has 0 bridgehead atoms.